The van der Waals surface area contributed by atoms with E-state index >= 15 is 0 Å². The first-order valence-corrected chi connectivity index (χ1v) is 8.21. The van der Waals surface area contributed by atoms with Crippen molar-refractivity contribution in [2.24, 2.45) is 0 Å². The van der Waals surface area contributed by atoms with Gasteiger partial charge in [0, 0.05) is 22.5 Å². The SMILES string of the molecule is Cc1cccc(NC(=O)c2cccn(Cc3c(F)cccc3Cl)c2=O)n1. The summed E-state index contributed by atoms with van der Waals surface area (Å²) in [7, 11) is 0. The van der Waals surface area contributed by atoms with Gasteiger partial charge in [0.1, 0.15) is 17.2 Å². The Morgan fingerprint density at radius 3 is 2.69 bits per heavy atom. The lowest BCUT2D eigenvalue weighted by molar-refractivity contribution is 0.102. The molecule has 1 amide bonds. The van der Waals surface area contributed by atoms with Crippen molar-refractivity contribution >= 4 is 23.3 Å². The number of anilines is 1. The number of amides is 1. The third kappa shape index (κ3) is 3.81. The van der Waals surface area contributed by atoms with Crippen LogP contribution in [0.25, 0.3) is 0 Å². The van der Waals surface area contributed by atoms with Crippen LogP contribution >= 0.6 is 11.6 Å². The number of benzene rings is 1. The lowest BCUT2D eigenvalue weighted by atomic mass is 10.2. The van der Waals surface area contributed by atoms with Gasteiger partial charge < -0.3 is 9.88 Å². The Kier molecular flexibility index (Phi) is 5.14. The Balaban J connectivity index is 1.90. The molecular weight excluding hydrogens is 357 g/mol. The fourth-order valence-electron chi connectivity index (χ4n) is 2.48. The van der Waals surface area contributed by atoms with Crippen molar-refractivity contribution in [1.82, 2.24) is 9.55 Å². The molecule has 0 atom stereocenters. The number of aryl methyl sites for hydroxylation is 1. The predicted octanol–water partition coefficient (Wildman–Crippen LogP) is 3.64. The van der Waals surface area contributed by atoms with Gasteiger partial charge >= 0.3 is 0 Å². The number of halogens is 2. The highest BCUT2D eigenvalue weighted by molar-refractivity contribution is 6.31. The first-order chi connectivity index (χ1) is 12.5. The Bertz CT molecular complexity index is 1010. The van der Waals surface area contributed by atoms with Gasteiger partial charge in [-0.25, -0.2) is 9.37 Å². The largest absolute Gasteiger partial charge is 0.310 e. The highest BCUT2D eigenvalue weighted by Gasteiger charge is 2.15. The molecule has 5 nitrogen and oxygen atoms in total. The monoisotopic (exact) mass is 371 g/mol. The van der Waals surface area contributed by atoms with Gasteiger partial charge in [-0.05, 0) is 43.3 Å². The molecule has 0 aliphatic carbocycles. The number of hydrogen-bond donors (Lipinski definition) is 1. The molecule has 0 saturated heterocycles. The third-order valence-electron chi connectivity index (χ3n) is 3.78. The number of carbonyl (C=O) groups is 1. The Morgan fingerprint density at radius 1 is 1.19 bits per heavy atom. The average Bonchev–Trinajstić information content (AvgIpc) is 2.59. The van der Waals surface area contributed by atoms with Crippen molar-refractivity contribution in [2.45, 2.75) is 13.5 Å². The first kappa shape index (κ1) is 17.8. The van der Waals surface area contributed by atoms with E-state index in [1.165, 1.54) is 29.0 Å². The lowest BCUT2D eigenvalue weighted by Gasteiger charge is -2.10. The molecule has 0 spiro atoms. The second kappa shape index (κ2) is 7.49. The molecule has 3 rings (SSSR count). The van der Waals surface area contributed by atoms with Crippen molar-refractivity contribution in [1.29, 1.82) is 0 Å². The lowest BCUT2D eigenvalue weighted by Crippen LogP contribution is -2.29. The molecule has 7 heteroatoms. The highest BCUT2D eigenvalue weighted by atomic mass is 35.5. The van der Waals surface area contributed by atoms with E-state index in [-0.39, 0.29) is 22.7 Å². The molecule has 2 heterocycles. The van der Waals surface area contributed by atoms with E-state index in [9.17, 15) is 14.0 Å². The molecule has 132 valence electrons. The summed E-state index contributed by atoms with van der Waals surface area (Å²) in [6.07, 6.45) is 1.48. The van der Waals surface area contributed by atoms with Crippen LogP contribution < -0.4 is 10.9 Å². The number of carbonyl (C=O) groups excluding carboxylic acids is 1. The van der Waals surface area contributed by atoms with Gasteiger partial charge in [-0.1, -0.05) is 23.7 Å². The summed E-state index contributed by atoms with van der Waals surface area (Å²) in [5.74, 6) is -0.743. The van der Waals surface area contributed by atoms with Crippen LogP contribution in [-0.4, -0.2) is 15.5 Å². The van der Waals surface area contributed by atoms with Crippen LogP contribution in [0, 0.1) is 12.7 Å². The molecule has 0 unspecified atom stereocenters. The summed E-state index contributed by atoms with van der Waals surface area (Å²) >= 11 is 6.01. The zero-order chi connectivity index (χ0) is 18.7. The van der Waals surface area contributed by atoms with Gasteiger partial charge in [0.05, 0.1) is 6.54 Å². The zero-order valence-electron chi connectivity index (χ0n) is 13.9. The molecular formula is C19H15ClFN3O2. The van der Waals surface area contributed by atoms with Crippen LogP contribution in [0.2, 0.25) is 5.02 Å². The molecule has 0 radical (unpaired) electrons. The number of hydrogen-bond acceptors (Lipinski definition) is 3. The first-order valence-electron chi connectivity index (χ1n) is 7.83. The summed E-state index contributed by atoms with van der Waals surface area (Å²) in [4.78, 5) is 29.2. The van der Waals surface area contributed by atoms with E-state index in [4.69, 9.17) is 11.6 Å². The molecule has 2 aromatic heterocycles. The summed E-state index contributed by atoms with van der Waals surface area (Å²) < 4.78 is 15.2. The standard InChI is InChI=1S/C19H15ClFN3O2/c1-12-5-2-9-17(22-12)23-18(25)13-6-4-10-24(19(13)26)11-14-15(20)7-3-8-16(14)21/h2-10H,11H2,1H3,(H,22,23,25). The molecule has 0 aliphatic rings. The van der Waals surface area contributed by atoms with Gasteiger partial charge in [0.15, 0.2) is 0 Å². The predicted molar refractivity (Wildman–Crippen MR) is 98.1 cm³/mol. The van der Waals surface area contributed by atoms with Crippen LogP contribution in [0.3, 0.4) is 0 Å². The van der Waals surface area contributed by atoms with E-state index in [1.807, 2.05) is 0 Å². The number of pyridine rings is 2. The molecule has 0 bridgehead atoms. The molecule has 3 aromatic rings. The number of aromatic nitrogens is 2. The fraction of sp³-hybridized carbons (Fsp3) is 0.105. The number of nitrogens with zero attached hydrogens (tertiary/aromatic N) is 2. The summed E-state index contributed by atoms with van der Waals surface area (Å²) in [6, 6.07) is 12.4. The van der Waals surface area contributed by atoms with Crippen molar-refractivity contribution in [3.05, 3.63) is 92.7 Å². The van der Waals surface area contributed by atoms with Crippen molar-refractivity contribution in [3.63, 3.8) is 0 Å². The molecule has 26 heavy (non-hydrogen) atoms. The maximum Gasteiger partial charge on any atom is 0.263 e. The van der Waals surface area contributed by atoms with E-state index in [0.29, 0.717) is 5.82 Å². The van der Waals surface area contributed by atoms with Gasteiger partial charge in [-0.2, -0.15) is 0 Å². The van der Waals surface area contributed by atoms with Gasteiger partial charge in [0.25, 0.3) is 11.5 Å². The van der Waals surface area contributed by atoms with Crippen molar-refractivity contribution in [3.8, 4) is 0 Å². The van der Waals surface area contributed by atoms with Crippen molar-refractivity contribution in [2.75, 3.05) is 5.32 Å². The zero-order valence-corrected chi connectivity index (χ0v) is 14.6. The van der Waals surface area contributed by atoms with E-state index < -0.39 is 17.3 Å². The topological polar surface area (TPSA) is 64.0 Å². The Labute approximate surface area is 154 Å². The van der Waals surface area contributed by atoms with E-state index in [0.717, 1.165) is 5.69 Å². The Morgan fingerprint density at radius 2 is 1.96 bits per heavy atom. The van der Waals surface area contributed by atoms with Crippen LogP contribution in [0.4, 0.5) is 10.2 Å². The molecule has 1 aromatic carbocycles. The second-order valence-electron chi connectivity index (χ2n) is 5.67. The van der Waals surface area contributed by atoms with Crippen LogP contribution in [0.1, 0.15) is 21.6 Å². The quantitative estimate of drug-likeness (QED) is 0.761. The van der Waals surface area contributed by atoms with E-state index in [2.05, 4.69) is 10.3 Å². The third-order valence-corrected chi connectivity index (χ3v) is 4.14. The molecule has 0 fully saturated rings. The molecule has 0 saturated carbocycles. The second-order valence-corrected chi connectivity index (χ2v) is 6.08. The maximum atomic E-state index is 14.0. The fourth-order valence-corrected chi connectivity index (χ4v) is 2.71. The number of rotatable bonds is 4. The molecule has 0 aliphatic heterocycles. The summed E-state index contributed by atoms with van der Waals surface area (Å²) in [6.45, 7) is 1.72. The van der Waals surface area contributed by atoms with E-state index in [1.54, 1.807) is 37.3 Å². The minimum absolute atomic E-state index is 0.0664. The molecule has 1 N–H and O–H groups in total. The summed E-state index contributed by atoms with van der Waals surface area (Å²) in [5.41, 5.74) is 0.317. The highest BCUT2D eigenvalue weighted by Crippen LogP contribution is 2.19. The minimum atomic E-state index is -0.581. The minimum Gasteiger partial charge on any atom is -0.310 e. The average molecular weight is 372 g/mol. The van der Waals surface area contributed by atoms with Crippen LogP contribution in [0.15, 0.2) is 59.5 Å². The van der Waals surface area contributed by atoms with Crippen molar-refractivity contribution < 1.29 is 9.18 Å². The number of nitrogens with one attached hydrogen (secondary N) is 1. The van der Waals surface area contributed by atoms with Crippen LogP contribution in [0.5, 0.6) is 0 Å². The van der Waals surface area contributed by atoms with Crippen LogP contribution in [-0.2, 0) is 6.54 Å². The maximum absolute atomic E-state index is 14.0. The smallest absolute Gasteiger partial charge is 0.263 e. The normalized spacial score (nSPS) is 10.6. The summed E-state index contributed by atoms with van der Waals surface area (Å²) in [5, 5.41) is 2.81. The van der Waals surface area contributed by atoms with Gasteiger partial charge in [0.2, 0.25) is 0 Å². The Hall–Kier alpha value is -2.99. The van der Waals surface area contributed by atoms with Gasteiger partial charge in [-0.15, -0.1) is 0 Å². The van der Waals surface area contributed by atoms with Gasteiger partial charge in [-0.3, -0.25) is 9.59 Å².